The highest BCUT2D eigenvalue weighted by molar-refractivity contribution is 5.32. The van der Waals surface area contributed by atoms with Gasteiger partial charge in [-0.1, -0.05) is 51.1 Å². The SMILES string of the molecule is C=CC(C)c1ccc(C(C)(C)C(C)(C)O)cc1. The monoisotopic (exact) mass is 232 g/mol. The van der Waals surface area contributed by atoms with Crippen LogP contribution in [-0.2, 0) is 5.41 Å². The van der Waals surface area contributed by atoms with Gasteiger partial charge in [0.1, 0.15) is 0 Å². The Hall–Kier alpha value is -1.08. The molecule has 1 aromatic rings. The molecule has 17 heavy (non-hydrogen) atoms. The van der Waals surface area contributed by atoms with Gasteiger partial charge in [-0.25, -0.2) is 0 Å². The zero-order valence-electron chi connectivity index (χ0n) is 11.6. The Balaban J connectivity index is 3.07. The molecule has 0 radical (unpaired) electrons. The predicted octanol–water partition coefficient (Wildman–Crippen LogP) is 4.02. The second kappa shape index (κ2) is 4.66. The Bertz CT molecular complexity index is 379. The Morgan fingerprint density at radius 1 is 1.12 bits per heavy atom. The molecular weight excluding hydrogens is 208 g/mol. The molecule has 1 unspecified atom stereocenters. The molecule has 1 aromatic carbocycles. The van der Waals surface area contributed by atoms with Gasteiger partial charge in [-0.05, 0) is 30.9 Å². The van der Waals surface area contributed by atoms with Crippen LogP contribution < -0.4 is 0 Å². The van der Waals surface area contributed by atoms with Crippen LogP contribution in [0.3, 0.4) is 0 Å². The van der Waals surface area contributed by atoms with E-state index in [4.69, 9.17) is 0 Å². The molecule has 1 heteroatoms. The summed E-state index contributed by atoms with van der Waals surface area (Å²) in [5.74, 6) is 0.370. The van der Waals surface area contributed by atoms with Crippen molar-refractivity contribution < 1.29 is 5.11 Å². The molecule has 0 aliphatic carbocycles. The molecule has 1 rings (SSSR count). The largest absolute Gasteiger partial charge is 0.390 e. The minimum Gasteiger partial charge on any atom is -0.390 e. The molecule has 94 valence electrons. The summed E-state index contributed by atoms with van der Waals surface area (Å²) in [6.07, 6.45) is 1.94. The van der Waals surface area contributed by atoms with E-state index in [1.807, 2.05) is 19.9 Å². The number of hydrogen-bond acceptors (Lipinski definition) is 1. The average molecular weight is 232 g/mol. The lowest BCUT2D eigenvalue weighted by Crippen LogP contribution is -2.42. The quantitative estimate of drug-likeness (QED) is 0.777. The van der Waals surface area contributed by atoms with Crippen molar-refractivity contribution in [2.24, 2.45) is 0 Å². The van der Waals surface area contributed by atoms with Crippen molar-refractivity contribution in [2.75, 3.05) is 0 Å². The number of allylic oxidation sites excluding steroid dienone is 1. The van der Waals surface area contributed by atoms with Crippen LogP contribution in [0.25, 0.3) is 0 Å². The summed E-state index contributed by atoms with van der Waals surface area (Å²) >= 11 is 0. The maximum Gasteiger partial charge on any atom is 0.0682 e. The third-order valence-electron chi connectivity index (χ3n) is 4.04. The molecule has 0 aliphatic rings. The number of hydrogen-bond donors (Lipinski definition) is 1. The zero-order valence-corrected chi connectivity index (χ0v) is 11.6. The Kier molecular flexibility index (Phi) is 3.83. The number of aliphatic hydroxyl groups is 1. The number of benzene rings is 1. The van der Waals surface area contributed by atoms with E-state index in [0.717, 1.165) is 5.56 Å². The first-order valence-electron chi connectivity index (χ1n) is 6.15. The van der Waals surface area contributed by atoms with Gasteiger partial charge in [0, 0.05) is 5.41 Å². The minimum absolute atomic E-state index is 0.261. The summed E-state index contributed by atoms with van der Waals surface area (Å²) in [5.41, 5.74) is 1.42. The third-order valence-corrected chi connectivity index (χ3v) is 4.04. The fourth-order valence-electron chi connectivity index (χ4n) is 1.69. The lowest BCUT2D eigenvalue weighted by molar-refractivity contribution is 0.00963. The molecule has 0 fully saturated rings. The van der Waals surface area contributed by atoms with Crippen molar-refractivity contribution in [1.82, 2.24) is 0 Å². The van der Waals surface area contributed by atoms with Gasteiger partial charge < -0.3 is 5.11 Å². The molecule has 0 bridgehead atoms. The Morgan fingerprint density at radius 3 is 1.94 bits per heavy atom. The molecule has 0 saturated heterocycles. The van der Waals surface area contributed by atoms with Crippen LogP contribution >= 0.6 is 0 Å². The van der Waals surface area contributed by atoms with Gasteiger partial charge >= 0.3 is 0 Å². The van der Waals surface area contributed by atoms with Gasteiger partial charge in [0.15, 0.2) is 0 Å². The molecule has 0 spiro atoms. The molecule has 1 N–H and O–H groups in total. The molecule has 0 aliphatic heterocycles. The third kappa shape index (κ3) is 2.78. The summed E-state index contributed by atoms with van der Waals surface area (Å²) in [6, 6.07) is 8.45. The second-order valence-corrected chi connectivity index (χ2v) is 5.83. The van der Waals surface area contributed by atoms with Crippen LogP contribution in [0.2, 0.25) is 0 Å². The van der Waals surface area contributed by atoms with E-state index < -0.39 is 5.60 Å². The van der Waals surface area contributed by atoms with Crippen LogP contribution in [-0.4, -0.2) is 10.7 Å². The van der Waals surface area contributed by atoms with Crippen LogP contribution in [0, 0.1) is 0 Å². The lowest BCUT2D eigenvalue weighted by Gasteiger charge is -2.38. The topological polar surface area (TPSA) is 20.2 Å². The van der Waals surface area contributed by atoms with Gasteiger partial charge in [-0.2, -0.15) is 0 Å². The highest BCUT2D eigenvalue weighted by Crippen LogP contribution is 2.35. The predicted molar refractivity (Wildman–Crippen MR) is 74.4 cm³/mol. The van der Waals surface area contributed by atoms with Crippen LogP contribution in [0.5, 0.6) is 0 Å². The van der Waals surface area contributed by atoms with E-state index in [0.29, 0.717) is 5.92 Å². The zero-order chi connectivity index (χ0) is 13.3. The van der Waals surface area contributed by atoms with Gasteiger partial charge in [-0.15, -0.1) is 6.58 Å². The van der Waals surface area contributed by atoms with E-state index in [9.17, 15) is 5.11 Å². The van der Waals surface area contributed by atoms with Crippen molar-refractivity contribution in [3.8, 4) is 0 Å². The van der Waals surface area contributed by atoms with E-state index in [1.54, 1.807) is 0 Å². The van der Waals surface area contributed by atoms with Crippen molar-refractivity contribution in [1.29, 1.82) is 0 Å². The summed E-state index contributed by atoms with van der Waals surface area (Å²) in [7, 11) is 0. The number of rotatable bonds is 4. The first-order valence-corrected chi connectivity index (χ1v) is 6.15. The maximum atomic E-state index is 10.2. The molecule has 0 aromatic heterocycles. The molecule has 0 saturated carbocycles. The summed E-state index contributed by atoms with van der Waals surface area (Å²) < 4.78 is 0. The van der Waals surface area contributed by atoms with E-state index in [2.05, 4.69) is 51.6 Å². The second-order valence-electron chi connectivity index (χ2n) is 5.83. The summed E-state index contributed by atoms with van der Waals surface area (Å²) in [5, 5.41) is 10.2. The highest BCUT2D eigenvalue weighted by Gasteiger charge is 2.36. The Morgan fingerprint density at radius 2 is 1.59 bits per heavy atom. The van der Waals surface area contributed by atoms with Gasteiger partial charge in [0.05, 0.1) is 5.60 Å². The average Bonchev–Trinajstić information content (AvgIpc) is 2.26. The molecule has 0 amide bonds. The Labute approximate surface area is 105 Å². The molecule has 1 nitrogen and oxygen atoms in total. The fraction of sp³-hybridized carbons (Fsp3) is 0.500. The van der Waals surface area contributed by atoms with Crippen molar-refractivity contribution in [2.45, 2.75) is 51.6 Å². The maximum absolute atomic E-state index is 10.2. The molecule has 0 heterocycles. The molecular formula is C16H24O. The van der Waals surface area contributed by atoms with E-state index in [1.165, 1.54) is 5.56 Å². The van der Waals surface area contributed by atoms with Crippen molar-refractivity contribution >= 4 is 0 Å². The van der Waals surface area contributed by atoms with Crippen molar-refractivity contribution in [3.63, 3.8) is 0 Å². The smallest absolute Gasteiger partial charge is 0.0682 e. The van der Waals surface area contributed by atoms with Crippen LogP contribution in [0.1, 0.15) is 51.7 Å². The van der Waals surface area contributed by atoms with Gasteiger partial charge in [-0.3, -0.25) is 0 Å². The van der Waals surface area contributed by atoms with Crippen LogP contribution in [0.15, 0.2) is 36.9 Å². The molecule has 1 atom stereocenters. The summed E-state index contributed by atoms with van der Waals surface area (Å²) in [6.45, 7) is 13.8. The standard InChI is InChI=1S/C16H24O/c1-7-12(2)13-8-10-14(11-9-13)15(3,4)16(5,6)17/h7-12,17H,1H2,2-6H3. The van der Waals surface area contributed by atoms with Gasteiger partial charge in [0.2, 0.25) is 0 Å². The van der Waals surface area contributed by atoms with E-state index >= 15 is 0 Å². The first kappa shape index (κ1) is 14.0. The normalized spacial score (nSPS) is 14.5. The minimum atomic E-state index is -0.738. The van der Waals surface area contributed by atoms with E-state index in [-0.39, 0.29) is 5.41 Å². The fourth-order valence-corrected chi connectivity index (χ4v) is 1.69. The lowest BCUT2D eigenvalue weighted by atomic mass is 9.72. The first-order chi connectivity index (χ1) is 7.70. The summed E-state index contributed by atoms with van der Waals surface area (Å²) in [4.78, 5) is 0. The van der Waals surface area contributed by atoms with Crippen LogP contribution in [0.4, 0.5) is 0 Å². The van der Waals surface area contributed by atoms with Gasteiger partial charge in [0.25, 0.3) is 0 Å². The highest BCUT2D eigenvalue weighted by atomic mass is 16.3. The van der Waals surface area contributed by atoms with Crippen molar-refractivity contribution in [3.05, 3.63) is 48.0 Å².